The number of rotatable bonds is 7. The number of nitrogens with two attached hydrogens (primary N) is 1. The fourth-order valence-corrected chi connectivity index (χ4v) is 1.16. The first-order chi connectivity index (χ1) is 7.74. The quantitative estimate of drug-likeness (QED) is 0.546. The molecule has 88 valence electrons. The van der Waals surface area contributed by atoms with E-state index in [4.69, 9.17) is 10.5 Å². The predicted molar refractivity (Wildman–Crippen MR) is 67.5 cm³/mol. The topological polar surface area (TPSA) is 60.2 Å². The fraction of sp³-hybridized carbons (Fsp3) is 0.417. The zero-order valence-electron chi connectivity index (χ0n) is 9.70. The lowest BCUT2D eigenvalue weighted by atomic mass is 10.2. The Hall–Kier alpha value is -1.55. The molecule has 0 spiro atoms. The Morgan fingerprint density at radius 2 is 2.38 bits per heavy atom. The third kappa shape index (κ3) is 4.31. The Labute approximate surface area is 96.5 Å². The largest absolute Gasteiger partial charge is 0.398 e. The SMILES string of the molecule is C=CCCOCCNc1cc(N)c(C)cn1. The van der Waals surface area contributed by atoms with Crippen molar-refractivity contribution >= 4 is 11.5 Å². The Morgan fingerprint density at radius 1 is 1.56 bits per heavy atom. The lowest BCUT2D eigenvalue weighted by Crippen LogP contribution is -2.11. The van der Waals surface area contributed by atoms with Gasteiger partial charge in [-0.2, -0.15) is 0 Å². The van der Waals surface area contributed by atoms with E-state index in [2.05, 4.69) is 16.9 Å². The summed E-state index contributed by atoms with van der Waals surface area (Å²) < 4.78 is 5.36. The van der Waals surface area contributed by atoms with Crippen molar-refractivity contribution in [2.24, 2.45) is 0 Å². The number of aromatic nitrogens is 1. The van der Waals surface area contributed by atoms with Gasteiger partial charge in [0.25, 0.3) is 0 Å². The van der Waals surface area contributed by atoms with Gasteiger partial charge in [0.15, 0.2) is 0 Å². The first kappa shape index (κ1) is 12.5. The summed E-state index contributed by atoms with van der Waals surface area (Å²) in [5, 5.41) is 3.15. The normalized spacial score (nSPS) is 10.1. The van der Waals surface area contributed by atoms with Crippen LogP contribution >= 0.6 is 0 Å². The van der Waals surface area contributed by atoms with Crippen molar-refractivity contribution in [3.63, 3.8) is 0 Å². The van der Waals surface area contributed by atoms with Crippen LogP contribution in [0.1, 0.15) is 12.0 Å². The molecule has 0 fully saturated rings. The number of nitrogen functional groups attached to an aromatic ring is 1. The molecule has 0 saturated carbocycles. The molecule has 1 aromatic heterocycles. The molecule has 4 nitrogen and oxygen atoms in total. The van der Waals surface area contributed by atoms with Crippen LogP contribution in [-0.4, -0.2) is 24.7 Å². The van der Waals surface area contributed by atoms with Gasteiger partial charge in [-0.05, 0) is 18.9 Å². The van der Waals surface area contributed by atoms with Crippen molar-refractivity contribution in [1.29, 1.82) is 0 Å². The maximum atomic E-state index is 5.77. The maximum absolute atomic E-state index is 5.77. The van der Waals surface area contributed by atoms with Gasteiger partial charge in [-0.3, -0.25) is 0 Å². The number of anilines is 2. The number of nitrogens with zero attached hydrogens (tertiary/aromatic N) is 1. The van der Waals surface area contributed by atoms with Gasteiger partial charge in [-0.25, -0.2) is 4.98 Å². The van der Waals surface area contributed by atoms with Crippen molar-refractivity contribution in [2.45, 2.75) is 13.3 Å². The number of nitrogens with one attached hydrogen (secondary N) is 1. The summed E-state index contributed by atoms with van der Waals surface area (Å²) in [4.78, 5) is 4.21. The molecule has 1 rings (SSSR count). The first-order valence-electron chi connectivity index (χ1n) is 5.38. The zero-order chi connectivity index (χ0) is 11.8. The van der Waals surface area contributed by atoms with Crippen molar-refractivity contribution < 1.29 is 4.74 Å². The highest BCUT2D eigenvalue weighted by Gasteiger charge is 1.97. The van der Waals surface area contributed by atoms with Gasteiger partial charge in [0, 0.05) is 24.5 Å². The molecular formula is C12H19N3O. The highest BCUT2D eigenvalue weighted by atomic mass is 16.5. The molecular weight excluding hydrogens is 202 g/mol. The van der Waals surface area contributed by atoms with Crippen LogP contribution in [0.2, 0.25) is 0 Å². The molecule has 0 aliphatic heterocycles. The number of aryl methyl sites for hydroxylation is 1. The second-order valence-corrected chi connectivity index (χ2v) is 3.54. The minimum absolute atomic E-state index is 0.656. The third-order valence-electron chi connectivity index (χ3n) is 2.16. The standard InChI is InChI=1S/C12H19N3O/c1-3-4-6-16-7-5-14-12-8-11(13)10(2)9-15-12/h3,8-9H,1,4-7H2,2H3,(H3,13,14,15). The van der Waals surface area contributed by atoms with E-state index in [0.717, 1.165) is 30.0 Å². The minimum Gasteiger partial charge on any atom is -0.398 e. The van der Waals surface area contributed by atoms with E-state index in [0.29, 0.717) is 13.2 Å². The highest BCUT2D eigenvalue weighted by Crippen LogP contribution is 2.12. The molecule has 0 amide bonds. The zero-order valence-corrected chi connectivity index (χ0v) is 9.70. The second kappa shape index (κ2) is 6.85. The predicted octanol–water partition coefficient (Wildman–Crippen LogP) is 1.98. The van der Waals surface area contributed by atoms with E-state index >= 15 is 0 Å². The summed E-state index contributed by atoms with van der Waals surface area (Å²) >= 11 is 0. The van der Waals surface area contributed by atoms with Gasteiger partial charge in [0.1, 0.15) is 5.82 Å². The monoisotopic (exact) mass is 221 g/mol. The summed E-state index contributed by atoms with van der Waals surface area (Å²) in [6.07, 6.45) is 4.49. The summed E-state index contributed by atoms with van der Waals surface area (Å²) in [7, 11) is 0. The molecule has 3 N–H and O–H groups in total. The summed E-state index contributed by atoms with van der Waals surface area (Å²) in [6, 6.07) is 1.83. The molecule has 0 aromatic carbocycles. The second-order valence-electron chi connectivity index (χ2n) is 3.54. The van der Waals surface area contributed by atoms with Crippen LogP contribution in [0.3, 0.4) is 0 Å². The fourth-order valence-electron chi connectivity index (χ4n) is 1.16. The van der Waals surface area contributed by atoms with E-state index in [1.165, 1.54) is 0 Å². The van der Waals surface area contributed by atoms with Crippen LogP contribution in [0.15, 0.2) is 24.9 Å². The average molecular weight is 221 g/mol. The molecule has 16 heavy (non-hydrogen) atoms. The lowest BCUT2D eigenvalue weighted by molar-refractivity contribution is 0.149. The Balaban J connectivity index is 2.21. The van der Waals surface area contributed by atoms with Gasteiger partial charge in [0.05, 0.1) is 13.2 Å². The molecule has 0 aliphatic rings. The Morgan fingerprint density at radius 3 is 3.06 bits per heavy atom. The third-order valence-corrected chi connectivity index (χ3v) is 2.16. The van der Waals surface area contributed by atoms with Crippen LogP contribution in [-0.2, 0) is 4.74 Å². The summed E-state index contributed by atoms with van der Waals surface area (Å²) in [5.74, 6) is 0.787. The van der Waals surface area contributed by atoms with Gasteiger partial charge in [-0.1, -0.05) is 6.08 Å². The van der Waals surface area contributed by atoms with Gasteiger partial charge in [0.2, 0.25) is 0 Å². The molecule has 0 radical (unpaired) electrons. The van der Waals surface area contributed by atoms with Gasteiger partial charge >= 0.3 is 0 Å². The Kier molecular flexibility index (Phi) is 5.36. The number of hydrogen-bond donors (Lipinski definition) is 2. The highest BCUT2D eigenvalue weighted by molar-refractivity contribution is 5.53. The van der Waals surface area contributed by atoms with Crippen molar-refractivity contribution in [2.75, 3.05) is 30.8 Å². The van der Waals surface area contributed by atoms with Gasteiger partial charge < -0.3 is 15.8 Å². The van der Waals surface area contributed by atoms with E-state index in [-0.39, 0.29) is 0 Å². The van der Waals surface area contributed by atoms with Crippen LogP contribution in [0.4, 0.5) is 11.5 Å². The molecule has 1 heterocycles. The van der Waals surface area contributed by atoms with E-state index in [1.54, 1.807) is 6.20 Å². The van der Waals surface area contributed by atoms with Crippen LogP contribution < -0.4 is 11.1 Å². The molecule has 0 aliphatic carbocycles. The smallest absolute Gasteiger partial charge is 0.128 e. The lowest BCUT2D eigenvalue weighted by Gasteiger charge is -2.07. The molecule has 0 bridgehead atoms. The van der Waals surface area contributed by atoms with Crippen LogP contribution in [0.25, 0.3) is 0 Å². The van der Waals surface area contributed by atoms with Crippen molar-refractivity contribution in [3.05, 3.63) is 30.5 Å². The molecule has 4 heteroatoms. The van der Waals surface area contributed by atoms with E-state index in [1.807, 2.05) is 19.1 Å². The average Bonchev–Trinajstić information content (AvgIpc) is 2.28. The van der Waals surface area contributed by atoms with Crippen molar-refractivity contribution in [1.82, 2.24) is 4.98 Å². The van der Waals surface area contributed by atoms with Crippen molar-refractivity contribution in [3.8, 4) is 0 Å². The summed E-state index contributed by atoms with van der Waals surface area (Å²) in [5.41, 5.74) is 7.52. The molecule has 0 atom stereocenters. The number of pyridine rings is 1. The van der Waals surface area contributed by atoms with Gasteiger partial charge in [-0.15, -0.1) is 6.58 Å². The molecule has 0 saturated heterocycles. The molecule has 0 unspecified atom stereocenters. The minimum atomic E-state index is 0.656. The first-order valence-corrected chi connectivity index (χ1v) is 5.38. The van der Waals surface area contributed by atoms with Crippen LogP contribution in [0, 0.1) is 6.92 Å². The number of hydrogen-bond acceptors (Lipinski definition) is 4. The summed E-state index contributed by atoms with van der Waals surface area (Å²) in [6.45, 7) is 7.66. The van der Waals surface area contributed by atoms with E-state index in [9.17, 15) is 0 Å². The van der Waals surface area contributed by atoms with Crippen LogP contribution in [0.5, 0.6) is 0 Å². The maximum Gasteiger partial charge on any atom is 0.128 e. The molecule has 1 aromatic rings. The number of ether oxygens (including phenoxy) is 1. The Bertz CT molecular complexity index is 339. The van der Waals surface area contributed by atoms with E-state index < -0.39 is 0 Å².